The number of anilines is 1. The second kappa shape index (κ2) is 10.8. The fourth-order valence-electron chi connectivity index (χ4n) is 3.09. The Balaban J connectivity index is 2.08. The molecule has 31 heavy (non-hydrogen) atoms. The quantitative estimate of drug-likeness (QED) is 0.413. The van der Waals surface area contributed by atoms with Gasteiger partial charge < -0.3 is 15.2 Å². The van der Waals surface area contributed by atoms with Gasteiger partial charge >= 0.3 is 5.97 Å². The maximum Gasteiger partial charge on any atom is 0.342 e. The Kier molecular flexibility index (Phi) is 8.37. The molecule has 0 heterocycles. The highest BCUT2D eigenvalue weighted by Crippen LogP contribution is 2.33. The molecule has 6 nitrogen and oxygen atoms in total. The van der Waals surface area contributed by atoms with Crippen LogP contribution in [-0.2, 0) is 9.53 Å². The third-order valence-electron chi connectivity index (χ3n) is 4.97. The van der Waals surface area contributed by atoms with Crippen molar-refractivity contribution < 1.29 is 24.2 Å². The zero-order valence-electron chi connectivity index (χ0n) is 18.8. The Morgan fingerprint density at radius 1 is 1.00 bits per heavy atom. The van der Waals surface area contributed by atoms with Crippen LogP contribution in [0.2, 0.25) is 0 Å². The lowest BCUT2D eigenvalue weighted by atomic mass is 9.92. The van der Waals surface area contributed by atoms with Crippen molar-refractivity contribution >= 4 is 23.3 Å². The molecule has 0 saturated heterocycles. The first-order valence-corrected chi connectivity index (χ1v) is 10.6. The molecule has 2 aromatic carbocycles. The second-order valence-electron chi connectivity index (χ2n) is 8.19. The highest BCUT2D eigenvalue weighted by atomic mass is 16.5. The van der Waals surface area contributed by atoms with Crippen molar-refractivity contribution in [2.75, 3.05) is 11.9 Å². The molecule has 0 aliphatic carbocycles. The lowest BCUT2D eigenvalue weighted by Gasteiger charge is -2.16. The highest BCUT2D eigenvalue weighted by Gasteiger charge is 2.21. The van der Waals surface area contributed by atoms with Crippen LogP contribution >= 0.6 is 0 Å². The van der Waals surface area contributed by atoms with Crippen LogP contribution in [0.5, 0.6) is 5.75 Å². The van der Waals surface area contributed by atoms with Crippen molar-refractivity contribution in [1.29, 1.82) is 0 Å². The lowest BCUT2D eigenvalue weighted by Crippen LogP contribution is -2.15. The number of benzene rings is 2. The van der Waals surface area contributed by atoms with Crippen LogP contribution in [0.15, 0.2) is 36.4 Å². The summed E-state index contributed by atoms with van der Waals surface area (Å²) in [5, 5.41) is 13.3. The monoisotopic (exact) mass is 425 g/mol. The first-order valence-electron chi connectivity index (χ1n) is 10.6. The summed E-state index contributed by atoms with van der Waals surface area (Å²) >= 11 is 0. The van der Waals surface area contributed by atoms with Gasteiger partial charge in [0.25, 0.3) is 0 Å². The van der Waals surface area contributed by atoms with Crippen molar-refractivity contribution in [2.24, 2.45) is 0 Å². The molecule has 1 amide bonds. The fourth-order valence-corrected chi connectivity index (χ4v) is 3.09. The maximum atomic E-state index is 12.6. The zero-order chi connectivity index (χ0) is 23.1. The predicted octanol–water partition coefficient (Wildman–Crippen LogP) is 5.42. The number of carbonyl (C=O) groups excluding carboxylic acids is 3. The minimum atomic E-state index is -0.737. The molecule has 0 atom stereocenters. The normalized spacial score (nSPS) is 10.9. The average molecular weight is 426 g/mol. The zero-order valence-corrected chi connectivity index (χ0v) is 18.8. The molecular formula is C25H31NO5. The Hall–Kier alpha value is -3.15. The summed E-state index contributed by atoms with van der Waals surface area (Å²) in [5.74, 6) is -1.10. The van der Waals surface area contributed by atoms with Crippen LogP contribution in [0.1, 0.15) is 91.1 Å². The molecule has 0 bridgehead atoms. The molecule has 0 aliphatic heterocycles. The number of amides is 1. The van der Waals surface area contributed by atoms with Crippen molar-refractivity contribution in [2.45, 2.75) is 59.3 Å². The first-order chi connectivity index (χ1) is 14.6. The average Bonchev–Trinajstić information content (AvgIpc) is 2.72. The number of Topliss-reactive ketones (excluding diaryl/α,β-unsaturated/α-hetero) is 1. The number of aromatic hydroxyl groups is 1. The lowest BCUT2D eigenvalue weighted by molar-refractivity contribution is -0.116. The van der Waals surface area contributed by atoms with E-state index in [1.165, 1.54) is 0 Å². The summed E-state index contributed by atoms with van der Waals surface area (Å²) in [6, 6.07) is 9.93. The van der Waals surface area contributed by atoms with Gasteiger partial charge in [-0.3, -0.25) is 9.59 Å². The molecule has 0 saturated carbocycles. The third-order valence-corrected chi connectivity index (χ3v) is 4.97. The van der Waals surface area contributed by atoms with E-state index in [1.54, 1.807) is 30.3 Å². The molecule has 0 spiro atoms. The summed E-state index contributed by atoms with van der Waals surface area (Å²) < 4.78 is 5.20. The van der Waals surface area contributed by atoms with Gasteiger partial charge in [-0.1, -0.05) is 40.7 Å². The van der Waals surface area contributed by atoms with Crippen molar-refractivity contribution in [3.8, 4) is 5.75 Å². The van der Waals surface area contributed by atoms with Crippen LogP contribution in [0, 0.1) is 0 Å². The molecule has 0 fully saturated rings. The van der Waals surface area contributed by atoms with E-state index in [0.717, 1.165) is 12.0 Å². The van der Waals surface area contributed by atoms with Crippen LogP contribution < -0.4 is 5.32 Å². The molecule has 0 aliphatic rings. The summed E-state index contributed by atoms with van der Waals surface area (Å²) in [6.07, 6.45) is 1.18. The van der Waals surface area contributed by atoms with Crippen LogP contribution in [-0.4, -0.2) is 29.4 Å². The fraction of sp³-hybridized carbons (Fsp3) is 0.400. The van der Waals surface area contributed by atoms with Gasteiger partial charge in [-0.25, -0.2) is 4.79 Å². The van der Waals surface area contributed by atoms with Gasteiger partial charge in [0.1, 0.15) is 11.3 Å². The largest absolute Gasteiger partial charge is 0.507 e. The molecule has 2 rings (SSSR count). The van der Waals surface area contributed by atoms with Gasteiger partial charge in [0.05, 0.1) is 0 Å². The number of ketones is 1. The Morgan fingerprint density at radius 2 is 1.65 bits per heavy atom. The minimum absolute atomic E-state index is 0.0308. The number of rotatable bonds is 9. The molecule has 0 unspecified atom stereocenters. The van der Waals surface area contributed by atoms with Gasteiger partial charge in [0.2, 0.25) is 5.91 Å². The molecule has 2 N–H and O–H groups in total. The summed E-state index contributed by atoms with van der Waals surface area (Å²) in [7, 11) is 0. The number of esters is 1. The second-order valence-corrected chi connectivity index (χ2v) is 8.19. The van der Waals surface area contributed by atoms with Crippen molar-refractivity contribution in [1.82, 2.24) is 0 Å². The van der Waals surface area contributed by atoms with Gasteiger partial charge in [0, 0.05) is 17.7 Å². The molecule has 0 aromatic heterocycles. The third kappa shape index (κ3) is 6.41. The summed E-state index contributed by atoms with van der Waals surface area (Å²) in [5.41, 5.74) is 2.62. The topological polar surface area (TPSA) is 92.7 Å². The van der Waals surface area contributed by atoms with Crippen LogP contribution in [0.3, 0.4) is 0 Å². The summed E-state index contributed by atoms with van der Waals surface area (Å²) in [4.78, 5) is 36.7. The molecule has 166 valence electrons. The summed E-state index contributed by atoms with van der Waals surface area (Å²) in [6.45, 7) is 9.36. The van der Waals surface area contributed by atoms with Crippen LogP contribution in [0.4, 0.5) is 5.69 Å². The number of nitrogens with one attached hydrogen (secondary N) is 1. The first kappa shape index (κ1) is 24.1. The minimum Gasteiger partial charge on any atom is -0.507 e. The van der Waals surface area contributed by atoms with Gasteiger partial charge in [0.15, 0.2) is 12.4 Å². The van der Waals surface area contributed by atoms with E-state index in [2.05, 4.69) is 5.32 Å². The van der Waals surface area contributed by atoms with Gasteiger partial charge in [-0.2, -0.15) is 0 Å². The van der Waals surface area contributed by atoms with Crippen molar-refractivity contribution in [3.05, 3.63) is 58.7 Å². The smallest absolute Gasteiger partial charge is 0.342 e. The van der Waals surface area contributed by atoms with E-state index in [9.17, 15) is 19.5 Å². The van der Waals surface area contributed by atoms with E-state index >= 15 is 0 Å². The van der Waals surface area contributed by atoms with E-state index in [-0.39, 0.29) is 34.8 Å². The van der Waals surface area contributed by atoms with E-state index in [0.29, 0.717) is 23.2 Å². The van der Waals surface area contributed by atoms with Crippen molar-refractivity contribution in [3.63, 3.8) is 0 Å². The molecule has 0 radical (unpaired) electrons. The number of phenolic OH excluding ortho intramolecular Hbond substituents is 1. The van der Waals surface area contributed by atoms with E-state index < -0.39 is 12.6 Å². The Morgan fingerprint density at radius 3 is 2.19 bits per heavy atom. The number of phenols is 1. The number of ether oxygens (including phenoxy) is 1. The van der Waals surface area contributed by atoms with E-state index in [1.807, 2.05) is 40.7 Å². The Bertz CT molecular complexity index is 945. The van der Waals surface area contributed by atoms with Gasteiger partial charge in [-0.05, 0) is 59.7 Å². The number of hydrogen-bond donors (Lipinski definition) is 2. The maximum absolute atomic E-state index is 12.6. The number of carbonyl (C=O) groups is 3. The number of hydrogen-bond acceptors (Lipinski definition) is 5. The molecule has 2 aromatic rings. The molecular weight excluding hydrogens is 394 g/mol. The highest BCUT2D eigenvalue weighted by molar-refractivity contribution is 6.00. The molecule has 6 heteroatoms. The Labute approximate surface area is 183 Å². The van der Waals surface area contributed by atoms with Crippen LogP contribution in [0.25, 0.3) is 0 Å². The standard InChI is InChI=1S/C25H31NO5/c1-6-7-23(28)26-19-10-8-17(9-11-19)22(27)14-31-25(30)21-13-18(15(2)3)12-20(16(4)5)24(21)29/h8-13,15-16,29H,6-7,14H2,1-5H3,(H,26,28). The predicted molar refractivity (Wildman–Crippen MR) is 121 cm³/mol. The SMILES string of the molecule is CCCC(=O)Nc1ccc(C(=O)COC(=O)c2cc(C(C)C)cc(C(C)C)c2O)cc1. The van der Waals surface area contributed by atoms with E-state index in [4.69, 9.17) is 4.74 Å². The van der Waals surface area contributed by atoms with Gasteiger partial charge in [-0.15, -0.1) is 0 Å².